The standard InChI is InChI=1S/C11H15N3O2/c15-10-4-2-1-3-9(10)14-11(16)13-7-8-5-12-6-8/h1-4,8,12,15H,5-7H2,(H2,13,14,16). The number of para-hydroxylation sites is 2. The molecule has 1 aromatic carbocycles. The van der Waals surface area contributed by atoms with E-state index in [1.807, 2.05) is 0 Å². The van der Waals surface area contributed by atoms with Gasteiger partial charge < -0.3 is 21.1 Å². The fourth-order valence-corrected chi connectivity index (χ4v) is 1.48. The molecule has 1 aliphatic rings. The fourth-order valence-electron chi connectivity index (χ4n) is 1.48. The normalized spacial score (nSPS) is 15.2. The van der Waals surface area contributed by atoms with Crippen LogP contribution in [-0.2, 0) is 0 Å². The first-order chi connectivity index (χ1) is 7.75. The number of hydrogen-bond acceptors (Lipinski definition) is 3. The van der Waals surface area contributed by atoms with Crippen molar-refractivity contribution in [1.82, 2.24) is 10.6 Å². The largest absolute Gasteiger partial charge is 0.506 e. The van der Waals surface area contributed by atoms with Gasteiger partial charge in [-0.2, -0.15) is 0 Å². The van der Waals surface area contributed by atoms with Crippen LogP contribution in [0.5, 0.6) is 5.75 Å². The summed E-state index contributed by atoms with van der Waals surface area (Å²) in [5.41, 5.74) is 0.423. The van der Waals surface area contributed by atoms with Crippen LogP contribution in [0.25, 0.3) is 0 Å². The van der Waals surface area contributed by atoms with Gasteiger partial charge in [0.05, 0.1) is 5.69 Å². The fraction of sp³-hybridized carbons (Fsp3) is 0.364. The summed E-state index contributed by atoms with van der Waals surface area (Å²) in [6, 6.07) is 6.36. The minimum absolute atomic E-state index is 0.0722. The van der Waals surface area contributed by atoms with E-state index >= 15 is 0 Å². The molecule has 1 aromatic rings. The van der Waals surface area contributed by atoms with Gasteiger partial charge >= 0.3 is 6.03 Å². The maximum atomic E-state index is 11.5. The Balaban J connectivity index is 1.80. The lowest BCUT2D eigenvalue weighted by atomic mass is 10.0. The Bertz CT molecular complexity index is 377. The average molecular weight is 221 g/mol. The van der Waals surface area contributed by atoms with Crippen molar-refractivity contribution >= 4 is 11.7 Å². The topological polar surface area (TPSA) is 73.4 Å². The number of anilines is 1. The van der Waals surface area contributed by atoms with Gasteiger partial charge in [-0.1, -0.05) is 12.1 Å². The van der Waals surface area contributed by atoms with Gasteiger partial charge in [-0.3, -0.25) is 0 Å². The number of benzene rings is 1. The van der Waals surface area contributed by atoms with E-state index in [1.165, 1.54) is 6.07 Å². The molecule has 0 spiro atoms. The first-order valence-corrected chi connectivity index (χ1v) is 5.29. The molecule has 16 heavy (non-hydrogen) atoms. The number of phenols is 1. The van der Waals surface area contributed by atoms with Crippen molar-refractivity contribution in [2.75, 3.05) is 25.0 Å². The van der Waals surface area contributed by atoms with Gasteiger partial charge in [0.2, 0.25) is 0 Å². The molecule has 1 heterocycles. The monoisotopic (exact) mass is 221 g/mol. The van der Waals surface area contributed by atoms with Crippen LogP contribution in [0, 0.1) is 5.92 Å². The number of amides is 2. The Kier molecular flexibility index (Phi) is 3.26. The summed E-state index contributed by atoms with van der Waals surface area (Å²) in [4.78, 5) is 11.5. The molecule has 0 atom stereocenters. The highest BCUT2D eigenvalue weighted by Crippen LogP contribution is 2.21. The van der Waals surface area contributed by atoms with Crippen LogP contribution in [0.3, 0.4) is 0 Å². The second-order valence-electron chi connectivity index (χ2n) is 3.88. The first-order valence-electron chi connectivity index (χ1n) is 5.29. The SMILES string of the molecule is O=C(NCC1CNC1)Nc1ccccc1O. The third-order valence-corrected chi connectivity index (χ3v) is 2.57. The van der Waals surface area contributed by atoms with E-state index in [0.29, 0.717) is 18.2 Å². The summed E-state index contributed by atoms with van der Waals surface area (Å²) in [6.45, 7) is 2.57. The molecule has 1 fully saturated rings. The second kappa shape index (κ2) is 4.85. The Morgan fingerprint density at radius 3 is 2.81 bits per heavy atom. The molecule has 5 nitrogen and oxygen atoms in total. The molecule has 5 heteroatoms. The van der Waals surface area contributed by atoms with Crippen molar-refractivity contribution in [2.45, 2.75) is 0 Å². The van der Waals surface area contributed by atoms with Crippen molar-refractivity contribution in [2.24, 2.45) is 5.92 Å². The number of nitrogens with one attached hydrogen (secondary N) is 3. The van der Waals surface area contributed by atoms with Crippen LogP contribution in [0.2, 0.25) is 0 Å². The van der Waals surface area contributed by atoms with Crippen LogP contribution in [0.4, 0.5) is 10.5 Å². The maximum Gasteiger partial charge on any atom is 0.319 e. The summed E-state index contributed by atoms with van der Waals surface area (Å²) >= 11 is 0. The molecule has 0 radical (unpaired) electrons. The van der Waals surface area contributed by atoms with Gasteiger partial charge in [0.25, 0.3) is 0 Å². The van der Waals surface area contributed by atoms with Crippen LogP contribution in [-0.4, -0.2) is 30.8 Å². The van der Waals surface area contributed by atoms with Gasteiger partial charge in [-0.25, -0.2) is 4.79 Å². The summed E-state index contributed by atoms with van der Waals surface area (Å²) in [6.07, 6.45) is 0. The zero-order valence-electron chi connectivity index (χ0n) is 8.86. The Hall–Kier alpha value is -1.75. The van der Waals surface area contributed by atoms with E-state index in [-0.39, 0.29) is 11.8 Å². The zero-order chi connectivity index (χ0) is 11.4. The maximum absolute atomic E-state index is 11.5. The molecule has 4 N–H and O–H groups in total. The van der Waals surface area contributed by atoms with Gasteiger partial charge in [-0.05, 0) is 12.1 Å². The highest BCUT2D eigenvalue weighted by Gasteiger charge is 2.17. The zero-order valence-corrected chi connectivity index (χ0v) is 8.86. The molecular formula is C11H15N3O2. The number of urea groups is 1. The molecule has 0 bridgehead atoms. The molecule has 0 saturated carbocycles. The van der Waals surface area contributed by atoms with E-state index in [2.05, 4.69) is 16.0 Å². The molecule has 2 amide bonds. The number of carbonyl (C=O) groups excluding carboxylic acids is 1. The highest BCUT2D eigenvalue weighted by atomic mass is 16.3. The molecule has 2 rings (SSSR count). The minimum Gasteiger partial charge on any atom is -0.506 e. The predicted octanol–water partition coefficient (Wildman–Crippen LogP) is 0.733. The summed E-state index contributed by atoms with van der Waals surface area (Å²) in [7, 11) is 0. The van der Waals surface area contributed by atoms with Crippen molar-refractivity contribution in [1.29, 1.82) is 0 Å². The molecule has 86 valence electrons. The quantitative estimate of drug-likeness (QED) is 0.569. The Morgan fingerprint density at radius 1 is 1.44 bits per heavy atom. The van der Waals surface area contributed by atoms with Gasteiger partial charge in [-0.15, -0.1) is 0 Å². The van der Waals surface area contributed by atoms with Crippen LogP contribution in [0.1, 0.15) is 0 Å². The van der Waals surface area contributed by atoms with Crippen molar-refractivity contribution in [3.05, 3.63) is 24.3 Å². The number of aromatic hydroxyl groups is 1. The molecule has 0 aliphatic carbocycles. The molecule has 1 saturated heterocycles. The van der Waals surface area contributed by atoms with Gasteiger partial charge in [0.1, 0.15) is 5.75 Å². The third kappa shape index (κ3) is 2.64. The Morgan fingerprint density at radius 2 is 2.19 bits per heavy atom. The number of rotatable bonds is 3. The summed E-state index contributed by atoms with van der Waals surface area (Å²) in [5.74, 6) is 0.595. The number of hydrogen-bond donors (Lipinski definition) is 4. The first kappa shape index (κ1) is 10.8. The van der Waals surface area contributed by atoms with E-state index in [0.717, 1.165) is 13.1 Å². The van der Waals surface area contributed by atoms with Crippen LogP contribution >= 0.6 is 0 Å². The molecular weight excluding hydrogens is 206 g/mol. The van der Waals surface area contributed by atoms with Crippen LogP contribution < -0.4 is 16.0 Å². The molecule has 1 aliphatic heterocycles. The lowest BCUT2D eigenvalue weighted by molar-refractivity contribution is 0.246. The summed E-state index contributed by atoms with van der Waals surface area (Å²) < 4.78 is 0. The van der Waals surface area contributed by atoms with E-state index in [9.17, 15) is 9.90 Å². The predicted molar refractivity (Wildman–Crippen MR) is 61.5 cm³/mol. The number of phenolic OH excluding ortho intramolecular Hbond substituents is 1. The van der Waals surface area contributed by atoms with Crippen molar-refractivity contribution in [3.8, 4) is 5.75 Å². The van der Waals surface area contributed by atoms with Crippen molar-refractivity contribution < 1.29 is 9.90 Å². The van der Waals surface area contributed by atoms with E-state index < -0.39 is 0 Å². The number of carbonyl (C=O) groups is 1. The third-order valence-electron chi connectivity index (χ3n) is 2.57. The minimum atomic E-state index is -0.284. The van der Waals surface area contributed by atoms with Gasteiger partial charge in [0.15, 0.2) is 0 Å². The van der Waals surface area contributed by atoms with Gasteiger partial charge in [0, 0.05) is 25.6 Å². The molecule has 0 aromatic heterocycles. The average Bonchev–Trinajstić information content (AvgIpc) is 2.19. The second-order valence-corrected chi connectivity index (χ2v) is 3.88. The summed E-state index contributed by atoms with van der Waals surface area (Å²) in [5, 5.41) is 17.9. The van der Waals surface area contributed by atoms with E-state index in [1.54, 1.807) is 18.2 Å². The lowest BCUT2D eigenvalue weighted by Gasteiger charge is -2.27. The highest BCUT2D eigenvalue weighted by molar-refractivity contribution is 5.90. The lowest BCUT2D eigenvalue weighted by Crippen LogP contribution is -2.48. The Labute approximate surface area is 93.9 Å². The van der Waals surface area contributed by atoms with Crippen molar-refractivity contribution in [3.63, 3.8) is 0 Å². The van der Waals surface area contributed by atoms with Crippen LogP contribution in [0.15, 0.2) is 24.3 Å². The molecule has 0 unspecified atom stereocenters. The smallest absolute Gasteiger partial charge is 0.319 e. The van der Waals surface area contributed by atoms with E-state index in [4.69, 9.17) is 0 Å².